The number of aryl methyl sites for hydroxylation is 3. The largest absolute Gasteiger partial charge is 0.377 e. The van der Waals surface area contributed by atoms with E-state index in [0.29, 0.717) is 12.2 Å². The first-order valence-corrected chi connectivity index (χ1v) is 12.0. The number of nitrogens with one attached hydrogen (secondary N) is 1. The SMILES string of the molecule is Cc1ccc(S(=O)(=O)N(Cc2cc3c(C)cc(C)cc3[nH]c2=O)CC2CCCO2)cc1. The number of ether oxygens (including phenoxy) is 1. The molecule has 0 bridgehead atoms. The van der Waals surface area contributed by atoms with Crippen molar-refractivity contribution in [2.24, 2.45) is 0 Å². The molecule has 0 aliphatic carbocycles. The highest BCUT2D eigenvalue weighted by Gasteiger charge is 2.30. The van der Waals surface area contributed by atoms with Crippen LogP contribution in [0.25, 0.3) is 10.9 Å². The third kappa shape index (κ3) is 4.59. The van der Waals surface area contributed by atoms with Gasteiger partial charge in [-0.15, -0.1) is 0 Å². The van der Waals surface area contributed by atoms with Crippen LogP contribution in [-0.4, -0.2) is 37.0 Å². The minimum absolute atomic E-state index is 0.00530. The van der Waals surface area contributed by atoms with E-state index in [9.17, 15) is 13.2 Å². The van der Waals surface area contributed by atoms with Crippen molar-refractivity contribution in [2.45, 2.75) is 51.2 Å². The molecular formula is C24H28N2O4S. The van der Waals surface area contributed by atoms with Gasteiger partial charge >= 0.3 is 0 Å². The number of aromatic amines is 1. The van der Waals surface area contributed by atoms with Crippen LogP contribution in [0.4, 0.5) is 0 Å². The summed E-state index contributed by atoms with van der Waals surface area (Å²) in [5, 5.41) is 0.921. The first-order valence-electron chi connectivity index (χ1n) is 10.6. The molecule has 1 saturated heterocycles. The topological polar surface area (TPSA) is 79.5 Å². The number of nitrogens with zero attached hydrogens (tertiary/aromatic N) is 1. The van der Waals surface area contributed by atoms with Crippen LogP contribution in [0.1, 0.15) is 35.1 Å². The third-order valence-corrected chi connectivity index (χ3v) is 7.65. The molecule has 7 heteroatoms. The lowest BCUT2D eigenvalue weighted by Crippen LogP contribution is -2.38. The highest BCUT2D eigenvalue weighted by Crippen LogP contribution is 2.24. The molecule has 6 nitrogen and oxygen atoms in total. The average Bonchev–Trinajstić information content (AvgIpc) is 3.22. The van der Waals surface area contributed by atoms with Gasteiger partial charge in [-0.1, -0.05) is 23.8 Å². The van der Waals surface area contributed by atoms with Crippen LogP contribution in [0.3, 0.4) is 0 Å². The van der Waals surface area contributed by atoms with E-state index in [1.165, 1.54) is 4.31 Å². The number of benzene rings is 2. The van der Waals surface area contributed by atoms with Gasteiger partial charge in [-0.05, 0) is 69.0 Å². The lowest BCUT2D eigenvalue weighted by Gasteiger charge is -2.25. The van der Waals surface area contributed by atoms with Gasteiger partial charge in [-0.3, -0.25) is 4.79 Å². The quantitative estimate of drug-likeness (QED) is 0.632. The first kappa shape index (κ1) is 21.7. The van der Waals surface area contributed by atoms with Crippen LogP contribution in [0.5, 0.6) is 0 Å². The minimum atomic E-state index is -3.79. The molecule has 0 amide bonds. The summed E-state index contributed by atoms with van der Waals surface area (Å²) < 4.78 is 34.1. The number of pyridine rings is 1. The van der Waals surface area contributed by atoms with Gasteiger partial charge in [0.25, 0.3) is 5.56 Å². The monoisotopic (exact) mass is 440 g/mol. The molecule has 164 valence electrons. The van der Waals surface area contributed by atoms with E-state index in [1.54, 1.807) is 24.3 Å². The fourth-order valence-corrected chi connectivity index (χ4v) is 5.60. The highest BCUT2D eigenvalue weighted by atomic mass is 32.2. The molecule has 1 fully saturated rings. The molecule has 2 aromatic carbocycles. The molecule has 1 N–H and O–H groups in total. The number of aromatic nitrogens is 1. The molecule has 3 aromatic rings. The lowest BCUT2D eigenvalue weighted by atomic mass is 10.0. The molecule has 0 radical (unpaired) electrons. The number of rotatable bonds is 6. The summed E-state index contributed by atoms with van der Waals surface area (Å²) in [6.07, 6.45) is 1.56. The van der Waals surface area contributed by atoms with Crippen molar-refractivity contribution in [3.05, 3.63) is 75.1 Å². The molecule has 1 atom stereocenters. The Bertz CT molecular complexity index is 1260. The van der Waals surface area contributed by atoms with Crippen molar-refractivity contribution < 1.29 is 13.2 Å². The predicted molar refractivity (Wildman–Crippen MR) is 122 cm³/mol. The van der Waals surface area contributed by atoms with Crippen LogP contribution in [0.15, 0.2) is 52.2 Å². The van der Waals surface area contributed by atoms with E-state index < -0.39 is 10.0 Å². The summed E-state index contributed by atoms with van der Waals surface area (Å²) in [6, 6.07) is 12.6. The van der Waals surface area contributed by atoms with E-state index in [1.807, 2.05) is 32.9 Å². The third-order valence-electron chi connectivity index (χ3n) is 5.83. The summed E-state index contributed by atoms with van der Waals surface area (Å²) >= 11 is 0. The standard InChI is InChI=1S/C24H28N2O4S/c1-16-6-8-21(9-7-16)31(28,29)26(15-20-5-4-10-30-20)14-19-13-22-18(3)11-17(2)12-23(22)25-24(19)27/h6-9,11-13,20H,4-5,10,14-15H2,1-3H3,(H,25,27). The van der Waals surface area contributed by atoms with Gasteiger partial charge in [0.1, 0.15) is 0 Å². The first-order chi connectivity index (χ1) is 14.7. The number of hydrogen-bond donors (Lipinski definition) is 1. The summed E-state index contributed by atoms with van der Waals surface area (Å²) in [4.78, 5) is 16.0. The molecule has 1 aliphatic rings. The summed E-state index contributed by atoms with van der Waals surface area (Å²) in [7, 11) is -3.79. The number of fused-ring (bicyclic) bond motifs is 1. The highest BCUT2D eigenvalue weighted by molar-refractivity contribution is 7.89. The van der Waals surface area contributed by atoms with Crippen molar-refractivity contribution in [2.75, 3.05) is 13.2 Å². The smallest absolute Gasteiger partial charge is 0.252 e. The van der Waals surface area contributed by atoms with Gasteiger partial charge in [0.05, 0.1) is 11.0 Å². The van der Waals surface area contributed by atoms with Crippen LogP contribution in [0.2, 0.25) is 0 Å². The van der Waals surface area contributed by atoms with Crippen molar-refractivity contribution in [3.63, 3.8) is 0 Å². The van der Waals surface area contributed by atoms with Crippen molar-refractivity contribution in [1.82, 2.24) is 9.29 Å². The Morgan fingerprint density at radius 1 is 1.06 bits per heavy atom. The maximum atomic E-state index is 13.5. The maximum Gasteiger partial charge on any atom is 0.252 e. The number of H-pyrrole nitrogens is 1. The molecule has 4 rings (SSSR count). The molecule has 0 spiro atoms. The average molecular weight is 441 g/mol. The van der Waals surface area contributed by atoms with E-state index in [0.717, 1.165) is 40.4 Å². The van der Waals surface area contributed by atoms with Crippen LogP contribution in [-0.2, 0) is 21.3 Å². The van der Waals surface area contributed by atoms with Gasteiger partial charge in [0.15, 0.2) is 0 Å². The van der Waals surface area contributed by atoms with E-state index in [2.05, 4.69) is 11.1 Å². The summed E-state index contributed by atoms with van der Waals surface area (Å²) in [5.41, 5.74) is 4.01. The Hall–Kier alpha value is -2.48. The minimum Gasteiger partial charge on any atom is -0.377 e. The summed E-state index contributed by atoms with van der Waals surface area (Å²) in [6.45, 7) is 6.74. The van der Waals surface area contributed by atoms with Crippen molar-refractivity contribution >= 4 is 20.9 Å². The second-order valence-corrected chi connectivity index (χ2v) is 10.4. The molecule has 31 heavy (non-hydrogen) atoms. The normalized spacial score (nSPS) is 17.0. The Kier molecular flexibility index (Phi) is 6.01. The molecular weight excluding hydrogens is 412 g/mol. The molecule has 1 unspecified atom stereocenters. The fourth-order valence-electron chi connectivity index (χ4n) is 4.15. The summed E-state index contributed by atoms with van der Waals surface area (Å²) in [5.74, 6) is 0. The predicted octanol–water partition coefficient (Wildman–Crippen LogP) is 3.82. The Morgan fingerprint density at radius 2 is 1.81 bits per heavy atom. The lowest BCUT2D eigenvalue weighted by molar-refractivity contribution is 0.0925. The molecule has 0 saturated carbocycles. The van der Waals surface area contributed by atoms with Crippen molar-refractivity contribution in [1.29, 1.82) is 0 Å². The second-order valence-electron chi connectivity index (χ2n) is 8.41. The fraction of sp³-hybridized carbons (Fsp3) is 0.375. The Labute approximate surface area is 182 Å². The van der Waals surface area contributed by atoms with E-state index in [-0.39, 0.29) is 29.6 Å². The zero-order valence-corrected chi connectivity index (χ0v) is 19.0. The number of sulfonamides is 1. The van der Waals surface area contributed by atoms with Gasteiger partial charge in [-0.2, -0.15) is 4.31 Å². The Morgan fingerprint density at radius 3 is 2.48 bits per heavy atom. The van der Waals surface area contributed by atoms with E-state index in [4.69, 9.17) is 4.74 Å². The van der Waals surface area contributed by atoms with Crippen LogP contribution < -0.4 is 5.56 Å². The van der Waals surface area contributed by atoms with Gasteiger partial charge in [-0.25, -0.2) is 8.42 Å². The van der Waals surface area contributed by atoms with Crippen molar-refractivity contribution in [3.8, 4) is 0 Å². The Balaban J connectivity index is 1.74. The van der Waals surface area contributed by atoms with Crippen LogP contribution >= 0.6 is 0 Å². The zero-order valence-electron chi connectivity index (χ0n) is 18.1. The molecule has 2 heterocycles. The van der Waals surface area contributed by atoms with Gasteiger partial charge in [0, 0.05) is 36.2 Å². The van der Waals surface area contributed by atoms with E-state index >= 15 is 0 Å². The van der Waals surface area contributed by atoms with Gasteiger partial charge < -0.3 is 9.72 Å². The molecule has 1 aliphatic heterocycles. The van der Waals surface area contributed by atoms with Gasteiger partial charge in [0.2, 0.25) is 10.0 Å². The second kappa shape index (κ2) is 8.57. The molecule has 1 aromatic heterocycles. The van der Waals surface area contributed by atoms with Crippen LogP contribution in [0, 0.1) is 20.8 Å². The number of hydrogen-bond acceptors (Lipinski definition) is 4. The zero-order chi connectivity index (χ0) is 22.2. The maximum absolute atomic E-state index is 13.5.